The van der Waals surface area contributed by atoms with E-state index in [4.69, 9.17) is 5.11 Å². The van der Waals surface area contributed by atoms with Gasteiger partial charge in [0.15, 0.2) is 0 Å². The summed E-state index contributed by atoms with van der Waals surface area (Å²) in [4.78, 5) is 23.5. The third-order valence-corrected chi connectivity index (χ3v) is 3.94. The number of rotatable bonds is 4. The zero-order valence-electron chi connectivity index (χ0n) is 9.39. The van der Waals surface area contributed by atoms with E-state index in [1.54, 1.807) is 11.3 Å². The number of carboxylic acid groups (broad SMARTS) is 1. The van der Waals surface area contributed by atoms with Gasteiger partial charge in [-0.25, -0.2) is 0 Å². The highest BCUT2D eigenvalue weighted by molar-refractivity contribution is 7.10. The van der Waals surface area contributed by atoms with Crippen molar-refractivity contribution in [2.24, 2.45) is 5.92 Å². The number of hydrogen-bond donors (Lipinski definition) is 2. The van der Waals surface area contributed by atoms with Gasteiger partial charge in [0.05, 0.1) is 12.3 Å². The van der Waals surface area contributed by atoms with Gasteiger partial charge >= 0.3 is 5.97 Å². The molecular formula is C12H15NO3S. The second-order valence-electron chi connectivity index (χ2n) is 4.37. The van der Waals surface area contributed by atoms with Crippen molar-refractivity contribution in [2.75, 3.05) is 0 Å². The molecule has 0 saturated heterocycles. The summed E-state index contributed by atoms with van der Waals surface area (Å²) >= 11 is 1.56. The van der Waals surface area contributed by atoms with Crippen molar-refractivity contribution in [1.29, 1.82) is 0 Å². The Balaban J connectivity index is 1.78. The Labute approximate surface area is 104 Å². The molecule has 0 aliphatic heterocycles. The first-order valence-electron chi connectivity index (χ1n) is 5.69. The third kappa shape index (κ3) is 3.30. The number of carbonyl (C=O) groups is 2. The lowest BCUT2D eigenvalue weighted by Gasteiger charge is -2.11. The maximum atomic E-state index is 11.7. The molecule has 0 spiro atoms. The van der Waals surface area contributed by atoms with Gasteiger partial charge in [0.25, 0.3) is 0 Å². The lowest BCUT2D eigenvalue weighted by molar-refractivity contribution is -0.141. The zero-order valence-corrected chi connectivity index (χ0v) is 10.2. The van der Waals surface area contributed by atoms with Crippen LogP contribution in [0.15, 0.2) is 17.5 Å². The van der Waals surface area contributed by atoms with Crippen LogP contribution >= 0.6 is 11.3 Å². The summed E-state index contributed by atoms with van der Waals surface area (Å²) < 4.78 is 0. The van der Waals surface area contributed by atoms with E-state index in [1.165, 1.54) is 0 Å². The predicted molar refractivity (Wildman–Crippen MR) is 64.9 cm³/mol. The van der Waals surface area contributed by atoms with Crippen molar-refractivity contribution in [3.63, 3.8) is 0 Å². The summed E-state index contributed by atoms with van der Waals surface area (Å²) in [6, 6.07) is 3.88. The first-order chi connectivity index (χ1) is 8.15. The fourth-order valence-electron chi connectivity index (χ4n) is 2.19. The van der Waals surface area contributed by atoms with Crippen LogP contribution in [-0.2, 0) is 16.0 Å². The molecule has 1 amide bonds. The minimum atomic E-state index is -0.750. The largest absolute Gasteiger partial charge is 0.481 e. The number of aliphatic carboxylic acids is 1. The Bertz CT molecular complexity index is 402. The van der Waals surface area contributed by atoms with E-state index in [1.807, 2.05) is 17.5 Å². The van der Waals surface area contributed by atoms with E-state index in [-0.39, 0.29) is 17.9 Å². The monoisotopic (exact) mass is 253 g/mol. The summed E-state index contributed by atoms with van der Waals surface area (Å²) in [5, 5.41) is 13.7. The number of amides is 1. The SMILES string of the molecule is O=C(Cc1cccs1)NC1CCC(C(=O)O)C1. The molecule has 0 radical (unpaired) electrons. The lowest BCUT2D eigenvalue weighted by atomic mass is 10.1. The molecule has 2 rings (SSSR count). The molecule has 2 atom stereocenters. The molecule has 1 aliphatic carbocycles. The van der Waals surface area contributed by atoms with Crippen molar-refractivity contribution in [1.82, 2.24) is 5.32 Å². The van der Waals surface area contributed by atoms with Crippen LogP contribution in [0.5, 0.6) is 0 Å². The van der Waals surface area contributed by atoms with Gasteiger partial charge in [0.1, 0.15) is 0 Å². The third-order valence-electron chi connectivity index (χ3n) is 3.06. The van der Waals surface area contributed by atoms with Crippen LogP contribution in [0.2, 0.25) is 0 Å². The molecule has 2 N–H and O–H groups in total. The maximum absolute atomic E-state index is 11.7. The molecule has 92 valence electrons. The molecule has 4 nitrogen and oxygen atoms in total. The first-order valence-corrected chi connectivity index (χ1v) is 6.57. The van der Waals surface area contributed by atoms with Crippen molar-refractivity contribution in [3.05, 3.63) is 22.4 Å². The Hall–Kier alpha value is -1.36. The summed E-state index contributed by atoms with van der Waals surface area (Å²) in [5.74, 6) is -1.05. The van der Waals surface area contributed by atoms with Gasteiger partial charge in [-0.05, 0) is 30.7 Å². The zero-order chi connectivity index (χ0) is 12.3. The molecule has 1 aliphatic rings. The van der Waals surface area contributed by atoms with Crippen molar-refractivity contribution >= 4 is 23.2 Å². The minimum Gasteiger partial charge on any atom is -0.481 e. The van der Waals surface area contributed by atoms with Crippen LogP contribution in [0.25, 0.3) is 0 Å². The molecule has 0 bridgehead atoms. The number of carbonyl (C=O) groups excluding carboxylic acids is 1. The van der Waals surface area contributed by atoms with Crippen molar-refractivity contribution in [2.45, 2.75) is 31.7 Å². The second-order valence-corrected chi connectivity index (χ2v) is 5.40. The quantitative estimate of drug-likeness (QED) is 0.857. The van der Waals surface area contributed by atoms with Gasteiger partial charge in [-0.2, -0.15) is 0 Å². The fourth-order valence-corrected chi connectivity index (χ4v) is 2.89. The second kappa shape index (κ2) is 5.31. The van der Waals surface area contributed by atoms with Gasteiger partial charge in [-0.1, -0.05) is 6.07 Å². The lowest BCUT2D eigenvalue weighted by Crippen LogP contribution is -2.34. The Kier molecular flexibility index (Phi) is 3.78. The molecule has 1 saturated carbocycles. The highest BCUT2D eigenvalue weighted by Gasteiger charge is 2.30. The van der Waals surface area contributed by atoms with Gasteiger partial charge < -0.3 is 10.4 Å². The minimum absolute atomic E-state index is 0.0107. The smallest absolute Gasteiger partial charge is 0.306 e. The Morgan fingerprint density at radius 1 is 1.47 bits per heavy atom. The van der Waals surface area contributed by atoms with Crippen LogP contribution in [0.1, 0.15) is 24.1 Å². The molecule has 1 aromatic heterocycles. The number of nitrogens with one attached hydrogen (secondary N) is 1. The average molecular weight is 253 g/mol. The van der Waals surface area contributed by atoms with E-state index in [9.17, 15) is 9.59 Å². The summed E-state index contributed by atoms with van der Waals surface area (Å²) in [6.07, 6.45) is 2.39. The number of carboxylic acids is 1. The van der Waals surface area contributed by atoms with Gasteiger partial charge in [0.2, 0.25) is 5.91 Å². The first kappa shape index (κ1) is 12.1. The van der Waals surface area contributed by atoms with Gasteiger partial charge in [0, 0.05) is 10.9 Å². The summed E-state index contributed by atoms with van der Waals surface area (Å²) in [5.41, 5.74) is 0. The van der Waals surface area contributed by atoms with Crippen LogP contribution in [0.4, 0.5) is 0 Å². The predicted octanol–water partition coefficient (Wildman–Crippen LogP) is 1.66. The van der Waals surface area contributed by atoms with Crippen molar-refractivity contribution < 1.29 is 14.7 Å². The summed E-state index contributed by atoms with van der Waals surface area (Å²) in [6.45, 7) is 0. The molecular weight excluding hydrogens is 238 g/mol. The molecule has 1 heterocycles. The van der Waals surface area contributed by atoms with Gasteiger partial charge in [-0.3, -0.25) is 9.59 Å². The van der Waals surface area contributed by atoms with E-state index < -0.39 is 5.97 Å². The number of hydrogen-bond acceptors (Lipinski definition) is 3. The molecule has 5 heteroatoms. The number of thiophene rings is 1. The van der Waals surface area contributed by atoms with Crippen molar-refractivity contribution in [3.8, 4) is 0 Å². The average Bonchev–Trinajstić information content (AvgIpc) is 2.88. The van der Waals surface area contributed by atoms with E-state index in [0.29, 0.717) is 19.3 Å². The maximum Gasteiger partial charge on any atom is 0.306 e. The standard InChI is InChI=1S/C12H15NO3S/c14-11(7-10-2-1-5-17-10)13-9-4-3-8(6-9)12(15)16/h1-2,5,8-9H,3-4,6-7H2,(H,13,14)(H,15,16). The van der Waals surface area contributed by atoms with Gasteiger partial charge in [-0.15, -0.1) is 11.3 Å². The van der Waals surface area contributed by atoms with Crippen LogP contribution in [0, 0.1) is 5.92 Å². The van der Waals surface area contributed by atoms with Crippen LogP contribution in [0.3, 0.4) is 0 Å². The van der Waals surface area contributed by atoms with Crippen LogP contribution < -0.4 is 5.32 Å². The normalized spacial score (nSPS) is 23.5. The van der Waals surface area contributed by atoms with E-state index >= 15 is 0 Å². The Morgan fingerprint density at radius 3 is 2.88 bits per heavy atom. The molecule has 2 unspecified atom stereocenters. The topological polar surface area (TPSA) is 66.4 Å². The van der Waals surface area contributed by atoms with E-state index in [2.05, 4.69) is 5.32 Å². The molecule has 1 fully saturated rings. The van der Waals surface area contributed by atoms with Crippen LogP contribution in [-0.4, -0.2) is 23.0 Å². The highest BCUT2D eigenvalue weighted by Crippen LogP contribution is 2.25. The highest BCUT2D eigenvalue weighted by atomic mass is 32.1. The fraction of sp³-hybridized carbons (Fsp3) is 0.500. The van der Waals surface area contributed by atoms with E-state index in [0.717, 1.165) is 11.3 Å². The molecule has 0 aromatic carbocycles. The molecule has 1 aromatic rings. The Morgan fingerprint density at radius 2 is 2.29 bits per heavy atom. The summed E-state index contributed by atoms with van der Waals surface area (Å²) in [7, 11) is 0. The molecule has 17 heavy (non-hydrogen) atoms.